The normalized spacial score (nSPS) is 16.9. The molecule has 0 unspecified atom stereocenters. The van der Waals surface area contributed by atoms with Gasteiger partial charge in [0, 0.05) is 5.69 Å². The highest BCUT2D eigenvalue weighted by atomic mass is 16.5. The van der Waals surface area contributed by atoms with Crippen molar-refractivity contribution in [2.75, 3.05) is 19.0 Å². The predicted molar refractivity (Wildman–Crippen MR) is 74.4 cm³/mol. The van der Waals surface area contributed by atoms with Gasteiger partial charge in [0.15, 0.2) is 0 Å². The van der Waals surface area contributed by atoms with Crippen LogP contribution in [0.3, 0.4) is 0 Å². The highest BCUT2D eigenvalue weighted by Gasteiger charge is 2.42. The van der Waals surface area contributed by atoms with Crippen molar-refractivity contribution in [1.82, 2.24) is 0 Å². The molecule has 0 spiro atoms. The Labute approximate surface area is 114 Å². The molecule has 19 heavy (non-hydrogen) atoms. The Kier molecular flexibility index (Phi) is 4.30. The molecular weight excluding hydrogens is 242 g/mol. The van der Waals surface area contributed by atoms with E-state index >= 15 is 0 Å². The van der Waals surface area contributed by atoms with E-state index in [4.69, 9.17) is 9.47 Å². The van der Waals surface area contributed by atoms with Crippen LogP contribution in [0, 0.1) is 0 Å². The summed E-state index contributed by atoms with van der Waals surface area (Å²) in [4.78, 5) is 12.2. The van der Waals surface area contributed by atoms with Gasteiger partial charge in [-0.05, 0) is 44.0 Å². The Morgan fingerprint density at radius 2 is 1.89 bits per heavy atom. The highest BCUT2D eigenvalue weighted by Crippen LogP contribution is 2.34. The zero-order valence-corrected chi connectivity index (χ0v) is 11.6. The SMILES string of the molecule is CCOC(=O)C1(Nc2ccc(OC)cc2)CCCC1. The lowest BCUT2D eigenvalue weighted by atomic mass is 9.97. The number of benzene rings is 1. The van der Waals surface area contributed by atoms with E-state index in [1.807, 2.05) is 31.2 Å². The molecule has 0 amide bonds. The van der Waals surface area contributed by atoms with E-state index in [9.17, 15) is 4.79 Å². The third-order valence-electron chi connectivity index (χ3n) is 3.60. The van der Waals surface area contributed by atoms with Gasteiger partial charge in [-0.3, -0.25) is 0 Å². The van der Waals surface area contributed by atoms with Gasteiger partial charge >= 0.3 is 5.97 Å². The quantitative estimate of drug-likeness (QED) is 0.830. The summed E-state index contributed by atoms with van der Waals surface area (Å²) in [6, 6.07) is 7.63. The number of hydrogen-bond acceptors (Lipinski definition) is 4. The van der Waals surface area contributed by atoms with Crippen LogP contribution < -0.4 is 10.1 Å². The number of methoxy groups -OCH3 is 1. The summed E-state index contributed by atoms with van der Waals surface area (Å²) in [6.07, 6.45) is 3.78. The largest absolute Gasteiger partial charge is 0.497 e. The zero-order chi connectivity index (χ0) is 13.7. The van der Waals surface area contributed by atoms with Gasteiger partial charge in [-0.1, -0.05) is 12.8 Å². The Morgan fingerprint density at radius 1 is 1.26 bits per heavy atom. The van der Waals surface area contributed by atoms with Gasteiger partial charge in [-0.15, -0.1) is 0 Å². The van der Waals surface area contributed by atoms with Crippen molar-refractivity contribution in [3.05, 3.63) is 24.3 Å². The van der Waals surface area contributed by atoms with Crippen molar-refractivity contribution in [2.45, 2.75) is 38.1 Å². The molecule has 1 N–H and O–H groups in total. The maximum absolute atomic E-state index is 12.2. The van der Waals surface area contributed by atoms with Crippen LogP contribution in [0.2, 0.25) is 0 Å². The van der Waals surface area contributed by atoms with Gasteiger partial charge in [0.25, 0.3) is 0 Å². The van der Waals surface area contributed by atoms with Gasteiger partial charge < -0.3 is 14.8 Å². The molecule has 1 aliphatic rings. The van der Waals surface area contributed by atoms with Crippen molar-refractivity contribution < 1.29 is 14.3 Å². The fourth-order valence-corrected chi connectivity index (χ4v) is 2.58. The zero-order valence-electron chi connectivity index (χ0n) is 11.6. The molecule has 1 fully saturated rings. The van der Waals surface area contributed by atoms with Crippen molar-refractivity contribution >= 4 is 11.7 Å². The van der Waals surface area contributed by atoms with Crippen LogP contribution in [0.1, 0.15) is 32.6 Å². The van der Waals surface area contributed by atoms with Crippen LogP contribution in [-0.4, -0.2) is 25.2 Å². The van der Waals surface area contributed by atoms with E-state index < -0.39 is 5.54 Å². The summed E-state index contributed by atoms with van der Waals surface area (Å²) >= 11 is 0. The van der Waals surface area contributed by atoms with E-state index in [1.165, 1.54) is 0 Å². The molecule has 0 atom stereocenters. The molecule has 1 aromatic carbocycles. The lowest BCUT2D eigenvalue weighted by Gasteiger charge is -2.29. The van der Waals surface area contributed by atoms with E-state index in [0.29, 0.717) is 6.61 Å². The molecule has 0 aliphatic heterocycles. The van der Waals surface area contributed by atoms with Gasteiger partial charge in [-0.2, -0.15) is 0 Å². The minimum atomic E-state index is -0.551. The molecule has 0 aromatic heterocycles. The first-order valence-electron chi connectivity index (χ1n) is 6.79. The maximum atomic E-state index is 12.2. The first-order chi connectivity index (χ1) is 9.20. The maximum Gasteiger partial charge on any atom is 0.331 e. The summed E-state index contributed by atoms with van der Waals surface area (Å²) in [7, 11) is 1.64. The molecule has 0 radical (unpaired) electrons. The lowest BCUT2D eigenvalue weighted by Crippen LogP contribution is -2.45. The number of hydrogen-bond donors (Lipinski definition) is 1. The van der Waals surface area contributed by atoms with E-state index in [2.05, 4.69) is 5.32 Å². The average Bonchev–Trinajstić information content (AvgIpc) is 2.90. The number of ether oxygens (including phenoxy) is 2. The Morgan fingerprint density at radius 3 is 2.42 bits per heavy atom. The number of anilines is 1. The van der Waals surface area contributed by atoms with Crippen molar-refractivity contribution in [2.24, 2.45) is 0 Å². The molecular formula is C15H21NO3. The number of nitrogens with one attached hydrogen (secondary N) is 1. The van der Waals surface area contributed by atoms with Crippen LogP contribution in [0.4, 0.5) is 5.69 Å². The summed E-state index contributed by atoms with van der Waals surface area (Å²) in [6.45, 7) is 2.26. The van der Waals surface area contributed by atoms with Crippen LogP contribution in [0.25, 0.3) is 0 Å². The van der Waals surface area contributed by atoms with Gasteiger partial charge in [0.1, 0.15) is 11.3 Å². The second-order valence-electron chi connectivity index (χ2n) is 4.86. The Hall–Kier alpha value is -1.71. The minimum absolute atomic E-state index is 0.136. The number of carbonyl (C=O) groups excluding carboxylic acids is 1. The molecule has 4 nitrogen and oxygen atoms in total. The summed E-state index contributed by atoms with van der Waals surface area (Å²) in [5.41, 5.74) is 0.376. The fraction of sp³-hybridized carbons (Fsp3) is 0.533. The topological polar surface area (TPSA) is 47.6 Å². The van der Waals surface area contributed by atoms with Gasteiger partial charge in [0.05, 0.1) is 13.7 Å². The molecule has 0 heterocycles. The predicted octanol–water partition coefficient (Wildman–Crippen LogP) is 2.98. The van der Waals surface area contributed by atoms with Gasteiger partial charge in [-0.25, -0.2) is 4.79 Å². The molecule has 104 valence electrons. The lowest BCUT2D eigenvalue weighted by molar-refractivity contribution is -0.148. The average molecular weight is 263 g/mol. The number of esters is 1. The summed E-state index contributed by atoms with van der Waals surface area (Å²) in [5.74, 6) is 0.672. The Balaban J connectivity index is 2.13. The van der Waals surface area contributed by atoms with E-state index in [0.717, 1.165) is 37.1 Å². The second-order valence-corrected chi connectivity index (χ2v) is 4.86. The van der Waals surface area contributed by atoms with E-state index in [1.54, 1.807) is 7.11 Å². The standard InChI is InChI=1S/C15H21NO3/c1-3-19-14(17)15(10-4-5-11-15)16-12-6-8-13(18-2)9-7-12/h6-9,16H,3-5,10-11H2,1-2H3. The summed E-state index contributed by atoms with van der Waals surface area (Å²) < 4.78 is 10.4. The van der Waals surface area contributed by atoms with Crippen LogP contribution in [0.15, 0.2) is 24.3 Å². The first-order valence-corrected chi connectivity index (χ1v) is 6.79. The minimum Gasteiger partial charge on any atom is -0.497 e. The molecule has 2 rings (SSSR count). The van der Waals surface area contributed by atoms with Crippen LogP contribution >= 0.6 is 0 Å². The number of carbonyl (C=O) groups is 1. The van der Waals surface area contributed by atoms with Crippen LogP contribution in [-0.2, 0) is 9.53 Å². The molecule has 0 bridgehead atoms. The Bertz CT molecular complexity index is 422. The van der Waals surface area contributed by atoms with Crippen molar-refractivity contribution in [3.8, 4) is 5.75 Å². The molecule has 0 saturated heterocycles. The van der Waals surface area contributed by atoms with E-state index in [-0.39, 0.29) is 5.97 Å². The highest BCUT2D eigenvalue weighted by molar-refractivity contribution is 5.85. The molecule has 1 aromatic rings. The fourth-order valence-electron chi connectivity index (χ4n) is 2.58. The monoisotopic (exact) mass is 263 g/mol. The molecule has 1 aliphatic carbocycles. The first kappa shape index (κ1) is 13.7. The number of rotatable bonds is 5. The van der Waals surface area contributed by atoms with Gasteiger partial charge in [0.2, 0.25) is 0 Å². The summed E-state index contributed by atoms with van der Waals surface area (Å²) in [5, 5.41) is 3.36. The van der Waals surface area contributed by atoms with Crippen LogP contribution in [0.5, 0.6) is 5.75 Å². The third kappa shape index (κ3) is 3.00. The second kappa shape index (κ2) is 5.95. The molecule has 4 heteroatoms. The smallest absolute Gasteiger partial charge is 0.331 e. The third-order valence-corrected chi connectivity index (χ3v) is 3.60. The van der Waals surface area contributed by atoms with Crippen molar-refractivity contribution in [1.29, 1.82) is 0 Å². The molecule has 1 saturated carbocycles. The van der Waals surface area contributed by atoms with Crippen molar-refractivity contribution in [3.63, 3.8) is 0 Å².